The third kappa shape index (κ3) is 2.77. The van der Waals surface area contributed by atoms with Crippen LogP contribution >= 0.6 is 0 Å². The van der Waals surface area contributed by atoms with Crippen LogP contribution in [0, 0.1) is 4.91 Å². The first kappa shape index (κ1) is 11.0. The quantitative estimate of drug-likeness (QED) is 0.746. The first-order valence-electron chi connectivity index (χ1n) is 5.44. The van der Waals surface area contributed by atoms with Crippen LogP contribution in [0.3, 0.4) is 0 Å². The summed E-state index contributed by atoms with van der Waals surface area (Å²) in [4.78, 5) is 13.0. The topological polar surface area (TPSA) is 55.6 Å². The van der Waals surface area contributed by atoms with Gasteiger partial charge in [-0.1, -0.05) is 12.1 Å². The summed E-state index contributed by atoms with van der Waals surface area (Å²) >= 11 is 0. The number of nitrogens with zero attached hydrogens (tertiary/aromatic N) is 2. The summed E-state index contributed by atoms with van der Waals surface area (Å²) in [7, 11) is 0. The number of nitrogens with one attached hydrogen (secondary N) is 1. The van der Waals surface area contributed by atoms with Gasteiger partial charge in [0.25, 0.3) is 4.92 Å². The molecule has 16 heavy (non-hydrogen) atoms. The second kappa shape index (κ2) is 5.05. The first-order valence-corrected chi connectivity index (χ1v) is 5.44. The summed E-state index contributed by atoms with van der Waals surface area (Å²) in [5.74, 6) is 0. The van der Waals surface area contributed by atoms with Crippen LogP contribution in [0.4, 0.5) is 5.69 Å². The standard InChI is InChI=1S/C11H16N3O2/c15-14(16)11-3-1-2-10(8-11)9-13-6-4-12-5-7-13/h1-3,8,12H,4-7,9H2,(H,15,16)/q+1. The number of hydrogen-bond acceptors (Lipinski definition) is 3. The summed E-state index contributed by atoms with van der Waals surface area (Å²) < 4.78 is 0. The van der Waals surface area contributed by atoms with Gasteiger partial charge >= 0.3 is 5.69 Å². The molecule has 5 nitrogen and oxygen atoms in total. The average molecular weight is 222 g/mol. The fraction of sp³-hybridized carbons (Fsp3) is 0.455. The minimum Gasteiger partial charge on any atom is -0.314 e. The molecule has 1 aliphatic heterocycles. The Morgan fingerprint density at radius 3 is 2.81 bits per heavy atom. The zero-order valence-corrected chi connectivity index (χ0v) is 9.09. The van der Waals surface area contributed by atoms with E-state index in [4.69, 9.17) is 5.21 Å². The van der Waals surface area contributed by atoms with Gasteiger partial charge in [-0.05, 0) is 5.56 Å². The fourth-order valence-corrected chi connectivity index (χ4v) is 1.90. The van der Waals surface area contributed by atoms with Gasteiger partial charge in [0.15, 0.2) is 0 Å². The molecule has 0 aliphatic carbocycles. The maximum Gasteiger partial charge on any atom is 0.316 e. The largest absolute Gasteiger partial charge is 0.316 e. The van der Waals surface area contributed by atoms with E-state index in [2.05, 4.69) is 10.2 Å². The van der Waals surface area contributed by atoms with E-state index >= 15 is 0 Å². The van der Waals surface area contributed by atoms with E-state index in [0.29, 0.717) is 0 Å². The molecule has 1 heterocycles. The Morgan fingerprint density at radius 1 is 1.38 bits per heavy atom. The van der Waals surface area contributed by atoms with Crippen molar-refractivity contribution in [1.29, 1.82) is 0 Å². The van der Waals surface area contributed by atoms with Crippen LogP contribution in [0.2, 0.25) is 0 Å². The Labute approximate surface area is 94.2 Å². The zero-order valence-electron chi connectivity index (χ0n) is 9.09. The predicted molar refractivity (Wildman–Crippen MR) is 59.7 cm³/mol. The second-order valence-corrected chi connectivity index (χ2v) is 3.97. The molecule has 0 spiro atoms. The minimum absolute atomic E-state index is 0.0960. The molecule has 0 atom stereocenters. The molecule has 1 aromatic rings. The fourth-order valence-electron chi connectivity index (χ4n) is 1.90. The number of piperazine rings is 1. The van der Waals surface area contributed by atoms with Crippen LogP contribution in [0.25, 0.3) is 0 Å². The molecule has 0 radical (unpaired) electrons. The Hall–Kier alpha value is -1.46. The van der Waals surface area contributed by atoms with E-state index < -0.39 is 0 Å². The Balaban J connectivity index is 2.02. The van der Waals surface area contributed by atoms with Crippen LogP contribution in [0.15, 0.2) is 24.3 Å². The summed E-state index contributed by atoms with van der Waals surface area (Å²) in [6.45, 7) is 4.87. The van der Waals surface area contributed by atoms with Crippen molar-refractivity contribution in [3.05, 3.63) is 34.7 Å². The Morgan fingerprint density at radius 2 is 2.12 bits per heavy atom. The molecule has 0 aromatic heterocycles. The normalized spacial score (nSPS) is 17.2. The molecule has 2 rings (SSSR count). The van der Waals surface area contributed by atoms with Gasteiger partial charge < -0.3 is 5.32 Å². The lowest BCUT2D eigenvalue weighted by Gasteiger charge is -2.26. The van der Waals surface area contributed by atoms with Gasteiger partial charge in [0.1, 0.15) is 0 Å². The summed E-state index contributed by atoms with van der Waals surface area (Å²) in [5.41, 5.74) is 1.34. The highest BCUT2D eigenvalue weighted by molar-refractivity contribution is 5.33. The van der Waals surface area contributed by atoms with Crippen LogP contribution in [-0.4, -0.2) is 41.2 Å². The van der Waals surface area contributed by atoms with Gasteiger partial charge in [0.2, 0.25) is 0 Å². The SMILES string of the molecule is O=[N+](O)c1cccc(CN2CCNCC2)c1. The van der Waals surface area contributed by atoms with E-state index in [9.17, 15) is 4.91 Å². The van der Waals surface area contributed by atoms with Crippen LogP contribution in [0.5, 0.6) is 0 Å². The van der Waals surface area contributed by atoms with E-state index in [-0.39, 0.29) is 10.6 Å². The van der Waals surface area contributed by atoms with E-state index in [1.165, 1.54) is 0 Å². The number of benzene rings is 1. The lowest BCUT2D eigenvalue weighted by Crippen LogP contribution is -2.42. The summed E-state index contributed by atoms with van der Waals surface area (Å²) in [6.07, 6.45) is 0. The average Bonchev–Trinajstić information content (AvgIpc) is 2.30. The Kier molecular flexibility index (Phi) is 3.48. The monoisotopic (exact) mass is 222 g/mol. The van der Waals surface area contributed by atoms with Crippen molar-refractivity contribution in [2.75, 3.05) is 26.2 Å². The van der Waals surface area contributed by atoms with Crippen molar-refractivity contribution in [3.63, 3.8) is 0 Å². The van der Waals surface area contributed by atoms with Crippen molar-refractivity contribution < 1.29 is 10.1 Å². The maximum atomic E-state index is 10.7. The molecular formula is C11H16N3O2+. The molecule has 86 valence electrons. The smallest absolute Gasteiger partial charge is 0.314 e. The first-order chi connectivity index (χ1) is 7.75. The van der Waals surface area contributed by atoms with Gasteiger partial charge in [-0.2, -0.15) is 0 Å². The van der Waals surface area contributed by atoms with E-state index in [1.54, 1.807) is 18.2 Å². The number of rotatable bonds is 3. The molecule has 1 fully saturated rings. The van der Waals surface area contributed by atoms with Gasteiger partial charge in [-0.15, -0.1) is 0 Å². The van der Waals surface area contributed by atoms with Gasteiger partial charge in [-0.3, -0.25) is 4.90 Å². The third-order valence-corrected chi connectivity index (χ3v) is 2.75. The highest BCUT2D eigenvalue weighted by atomic mass is 16.6. The van der Waals surface area contributed by atoms with Crippen LogP contribution in [-0.2, 0) is 6.54 Å². The van der Waals surface area contributed by atoms with Crippen molar-refractivity contribution in [1.82, 2.24) is 10.2 Å². The molecule has 0 unspecified atom stereocenters. The van der Waals surface area contributed by atoms with E-state index in [1.807, 2.05) is 6.07 Å². The van der Waals surface area contributed by atoms with Gasteiger partial charge in [-0.25, -0.2) is 5.21 Å². The molecule has 1 aromatic carbocycles. The van der Waals surface area contributed by atoms with Crippen molar-refractivity contribution in [2.45, 2.75) is 6.54 Å². The van der Waals surface area contributed by atoms with Crippen LogP contribution < -0.4 is 5.32 Å². The maximum absolute atomic E-state index is 10.7. The third-order valence-electron chi connectivity index (χ3n) is 2.75. The predicted octanol–water partition coefficient (Wildman–Crippen LogP) is 0.891. The van der Waals surface area contributed by atoms with Crippen LogP contribution in [0.1, 0.15) is 5.56 Å². The van der Waals surface area contributed by atoms with Crippen molar-refractivity contribution in [3.8, 4) is 0 Å². The molecule has 0 bridgehead atoms. The molecule has 2 N–H and O–H groups in total. The molecule has 5 heteroatoms. The zero-order chi connectivity index (χ0) is 11.4. The highest BCUT2D eigenvalue weighted by Gasteiger charge is 2.14. The molecule has 0 amide bonds. The molecular weight excluding hydrogens is 206 g/mol. The molecule has 1 aliphatic rings. The van der Waals surface area contributed by atoms with Gasteiger partial charge in [0.05, 0.1) is 4.91 Å². The Bertz CT molecular complexity index is 375. The number of hydrogen-bond donors (Lipinski definition) is 2. The molecule has 1 saturated heterocycles. The lowest BCUT2D eigenvalue weighted by molar-refractivity contribution is -0.729. The van der Waals surface area contributed by atoms with Crippen molar-refractivity contribution in [2.24, 2.45) is 0 Å². The van der Waals surface area contributed by atoms with Gasteiger partial charge in [0, 0.05) is 44.9 Å². The van der Waals surface area contributed by atoms with E-state index in [0.717, 1.165) is 38.3 Å². The molecule has 0 saturated carbocycles. The second-order valence-electron chi connectivity index (χ2n) is 3.97. The summed E-state index contributed by atoms with van der Waals surface area (Å²) in [5, 5.41) is 12.1. The minimum atomic E-state index is -0.0960. The highest BCUT2D eigenvalue weighted by Crippen LogP contribution is 2.14. The van der Waals surface area contributed by atoms with Crippen molar-refractivity contribution >= 4 is 5.69 Å². The lowest BCUT2D eigenvalue weighted by atomic mass is 10.2. The summed E-state index contributed by atoms with van der Waals surface area (Å²) in [6, 6.07) is 7.06.